The molecule has 4 nitrogen and oxygen atoms in total. The zero-order valence-corrected chi connectivity index (χ0v) is 9.59. The molecule has 2 fully saturated rings. The van der Waals surface area contributed by atoms with Crippen LogP contribution in [0.1, 0.15) is 6.42 Å². The average molecular weight is 219 g/mol. The molecule has 16 heavy (non-hydrogen) atoms. The maximum Gasteiger partial charge on any atom is 0.171 e. The third-order valence-electron chi connectivity index (χ3n) is 3.59. The summed E-state index contributed by atoms with van der Waals surface area (Å²) >= 11 is 0. The number of fused-ring (bicyclic) bond motifs is 2. The zero-order valence-electron chi connectivity index (χ0n) is 9.59. The highest BCUT2D eigenvalue weighted by atomic mass is 16.5. The molecule has 0 spiro atoms. The van der Waals surface area contributed by atoms with E-state index in [0.717, 1.165) is 24.7 Å². The second kappa shape index (κ2) is 3.94. The van der Waals surface area contributed by atoms with E-state index in [2.05, 4.69) is 14.8 Å². The summed E-state index contributed by atoms with van der Waals surface area (Å²) in [4.78, 5) is 9.40. The fraction of sp³-hybridized carbons (Fsp3) is 0.583. The van der Waals surface area contributed by atoms with Crippen LogP contribution < -0.4 is 9.64 Å². The second-order valence-corrected chi connectivity index (χ2v) is 4.47. The molecule has 3 heterocycles. The molecule has 0 radical (unpaired) electrons. The van der Waals surface area contributed by atoms with Crippen molar-refractivity contribution in [3.8, 4) is 5.75 Å². The molecule has 0 N–H and O–H groups in total. The zero-order chi connectivity index (χ0) is 11.0. The first kappa shape index (κ1) is 9.90. The van der Waals surface area contributed by atoms with E-state index in [-0.39, 0.29) is 0 Å². The van der Waals surface area contributed by atoms with Gasteiger partial charge in [-0.2, -0.15) is 0 Å². The number of rotatable bonds is 2. The minimum absolute atomic E-state index is 0.623. The van der Waals surface area contributed by atoms with Crippen molar-refractivity contribution >= 4 is 5.82 Å². The van der Waals surface area contributed by atoms with Gasteiger partial charge in [0.2, 0.25) is 0 Å². The van der Waals surface area contributed by atoms with Gasteiger partial charge < -0.3 is 9.64 Å². The van der Waals surface area contributed by atoms with Crippen LogP contribution in [-0.2, 0) is 0 Å². The number of pyridine rings is 1. The maximum absolute atomic E-state index is 5.39. The van der Waals surface area contributed by atoms with Crippen LogP contribution in [0.2, 0.25) is 0 Å². The molecule has 2 bridgehead atoms. The number of aromatic nitrogens is 1. The van der Waals surface area contributed by atoms with Crippen LogP contribution >= 0.6 is 0 Å². The summed E-state index contributed by atoms with van der Waals surface area (Å²) in [5.74, 6) is 1.90. The van der Waals surface area contributed by atoms with Crippen molar-refractivity contribution in [3.63, 3.8) is 0 Å². The van der Waals surface area contributed by atoms with Crippen LogP contribution in [0.15, 0.2) is 18.3 Å². The predicted molar refractivity (Wildman–Crippen MR) is 63.0 cm³/mol. The number of nitrogens with zero attached hydrogens (tertiary/aromatic N) is 3. The molecular weight excluding hydrogens is 202 g/mol. The summed E-state index contributed by atoms with van der Waals surface area (Å²) in [6.07, 6.45) is 3.10. The molecule has 1 aromatic heterocycles. The first-order chi connectivity index (χ1) is 7.88. The highest BCUT2D eigenvalue weighted by molar-refractivity contribution is 5.53. The minimum atomic E-state index is 0.623. The molecule has 0 amide bonds. The van der Waals surface area contributed by atoms with Crippen molar-refractivity contribution < 1.29 is 4.74 Å². The molecule has 0 saturated carbocycles. The summed E-state index contributed by atoms with van der Waals surface area (Å²) in [5, 5.41) is 0. The lowest BCUT2D eigenvalue weighted by Crippen LogP contribution is -2.47. The van der Waals surface area contributed by atoms with E-state index in [1.807, 2.05) is 18.3 Å². The Bertz CT molecular complexity index is 382. The number of ether oxygens (including phenoxy) is 1. The van der Waals surface area contributed by atoms with Crippen molar-refractivity contribution in [2.75, 3.05) is 38.2 Å². The summed E-state index contributed by atoms with van der Waals surface area (Å²) < 4.78 is 5.39. The number of methoxy groups -OCH3 is 1. The second-order valence-electron chi connectivity index (χ2n) is 4.47. The third-order valence-corrected chi connectivity index (χ3v) is 3.59. The molecular formula is C12H17N3O. The molecule has 0 aromatic carbocycles. The summed E-state index contributed by atoms with van der Waals surface area (Å²) in [6.45, 7) is 4.63. The van der Waals surface area contributed by atoms with E-state index in [0.29, 0.717) is 6.04 Å². The van der Waals surface area contributed by atoms with Crippen molar-refractivity contribution in [3.05, 3.63) is 18.3 Å². The van der Waals surface area contributed by atoms with Gasteiger partial charge in [-0.05, 0) is 18.6 Å². The normalized spacial score (nSPS) is 28.2. The first-order valence-electron chi connectivity index (χ1n) is 5.86. The molecule has 2 atom stereocenters. The minimum Gasteiger partial charge on any atom is -0.493 e. The lowest BCUT2D eigenvalue weighted by Gasteiger charge is -2.35. The topological polar surface area (TPSA) is 28.6 Å². The molecule has 0 aliphatic carbocycles. The molecule has 3 rings (SSSR count). The third kappa shape index (κ3) is 1.53. The van der Waals surface area contributed by atoms with E-state index >= 15 is 0 Å². The van der Waals surface area contributed by atoms with E-state index in [9.17, 15) is 0 Å². The Balaban J connectivity index is 1.90. The van der Waals surface area contributed by atoms with Crippen LogP contribution in [0.3, 0.4) is 0 Å². The molecule has 2 unspecified atom stereocenters. The Hall–Kier alpha value is -1.29. The highest BCUT2D eigenvalue weighted by Crippen LogP contribution is 2.31. The fourth-order valence-corrected chi connectivity index (χ4v) is 2.74. The van der Waals surface area contributed by atoms with Gasteiger partial charge >= 0.3 is 0 Å². The summed E-state index contributed by atoms with van der Waals surface area (Å²) in [7, 11) is 1.71. The number of piperazine rings is 1. The lowest BCUT2D eigenvalue weighted by molar-refractivity contribution is 0.308. The van der Waals surface area contributed by atoms with Crippen LogP contribution in [0.25, 0.3) is 0 Å². The quantitative estimate of drug-likeness (QED) is 0.741. The number of anilines is 1. The molecule has 2 saturated heterocycles. The molecule has 2 aliphatic heterocycles. The van der Waals surface area contributed by atoms with E-state index in [1.165, 1.54) is 19.5 Å². The molecule has 4 heteroatoms. The molecule has 86 valence electrons. The van der Waals surface area contributed by atoms with Crippen LogP contribution in [0, 0.1) is 0 Å². The standard InChI is InChI=1S/C12H17N3O/c1-16-11-3-2-5-13-12(11)15-8-7-14-6-4-10(15)9-14/h2-3,5,10H,4,6-9H2,1H3. The van der Waals surface area contributed by atoms with Gasteiger partial charge in [0.25, 0.3) is 0 Å². The van der Waals surface area contributed by atoms with E-state index in [4.69, 9.17) is 4.74 Å². The van der Waals surface area contributed by atoms with Crippen LogP contribution in [0.5, 0.6) is 5.75 Å². The van der Waals surface area contributed by atoms with Crippen molar-refractivity contribution in [2.24, 2.45) is 0 Å². The highest BCUT2D eigenvalue weighted by Gasteiger charge is 2.34. The van der Waals surface area contributed by atoms with Crippen molar-refractivity contribution in [1.82, 2.24) is 9.88 Å². The Morgan fingerprint density at radius 3 is 3.19 bits per heavy atom. The van der Waals surface area contributed by atoms with E-state index < -0.39 is 0 Å². The first-order valence-corrected chi connectivity index (χ1v) is 5.86. The Kier molecular flexibility index (Phi) is 2.44. The van der Waals surface area contributed by atoms with Gasteiger partial charge in [0, 0.05) is 38.4 Å². The van der Waals surface area contributed by atoms with Gasteiger partial charge in [-0.3, -0.25) is 4.90 Å². The van der Waals surface area contributed by atoms with Gasteiger partial charge in [-0.15, -0.1) is 0 Å². The Labute approximate surface area is 95.8 Å². The van der Waals surface area contributed by atoms with Crippen LogP contribution in [-0.4, -0.2) is 49.2 Å². The van der Waals surface area contributed by atoms with Gasteiger partial charge in [0.1, 0.15) is 0 Å². The SMILES string of the molecule is COc1cccnc1N1CCN2CCC1C2. The lowest BCUT2D eigenvalue weighted by atomic mass is 10.2. The largest absolute Gasteiger partial charge is 0.493 e. The van der Waals surface area contributed by atoms with Crippen molar-refractivity contribution in [1.29, 1.82) is 0 Å². The summed E-state index contributed by atoms with van der Waals surface area (Å²) in [5.41, 5.74) is 0. The van der Waals surface area contributed by atoms with Crippen LogP contribution in [0.4, 0.5) is 5.82 Å². The Morgan fingerprint density at radius 2 is 2.31 bits per heavy atom. The fourth-order valence-electron chi connectivity index (χ4n) is 2.74. The van der Waals surface area contributed by atoms with Gasteiger partial charge in [0.15, 0.2) is 11.6 Å². The van der Waals surface area contributed by atoms with Gasteiger partial charge in [0.05, 0.1) is 7.11 Å². The molecule has 2 aliphatic rings. The summed E-state index contributed by atoms with van der Waals surface area (Å²) in [6, 6.07) is 4.54. The monoisotopic (exact) mass is 219 g/mol. The predicted octanol–water partition coefficient (Wildman–Crippen LogP) is 0.984. The maximum atomic E-state index is 5.39. The molecule has 1 aromatic rings. The van der Waals surface area contributed by atoms with Gasteiger partial charge in [-0.1, -0.05) is 0 Å². The number of hydrogen-bond acceptors (Lipinski definition) is 4. The average Bonchev–Trinajstić information content (AvgIpc) is 2.72. The van der Waals surface area contributed by atoms with Crippen molar-refractivity contribution in [2.45, 2.75) is 12.5 Å². The van der Waals surface area contributed by atoms with Gasteiger partial charge in [-0.25, -0.2) is 4.98 Å². The Morgan fingerprint density at radius 1 is 1.38 bits per heavy atom. The number of hydrogen-bond donors (Lipinski definition) is 0. The van der Waals surface area contributed by atoms with E-state index in [1.54, 1.807) is 7.11 Å². The smallest absolute Gasteiger partial charge is 0.171 e.